The van der Waals surface area contributed by atoms with Gasteiger partial charge in [0.25, 0.3) is 6.10 Å². The van der Waals surface area contributed by atoms with Crippen molar-refractivity contribution in [2.45, 2.75) is 18.5 Å². The van der Waals surface area contributed by atoms with E-state index in [1.54, 1.807) is 6.07 Å². The summed E-state index contributed by atoms with van der Waals surface area (Å²) in [7, 11) is 0. The molecule has 0 spiro atoms. The van der Waals surface area contributed by atoms with Gasteiger partial charge in [0.05, 0.1) is 11.3 Å². The first-order valence-electron chi connectivity index (χ1n) is 4.51. The smallest absolute Gasteiger partial charge is 0.434 e. The minimum atomic E-state index is -5.67. The summed E-state index contributed by atoms with van der Waals surface area (Å²) in [4.78, 5) is 3.15. The molecule has 0 atom stereocenters. The molecule has 0 aliphatic rings. The maximum atomic E-state index is 12.2. The molecule has 1 aromatic rings. The minimum absolute atomic E-state index is 0.125. The number of halogens is 6. The van der Waals surface area contributed by atoms with Crippen LogP contribution < -0.4 is 10.5 Å². The molecule has 0 aliphatic carbocycles. The van der Waals surface area contributed by atoms with Gasteiger partial charge in [0, 0.05) is 6.20 Å². The molecule has 0 aliphatic heterocycles. The molecule has 2 N–H and O–H groups in total. The Morgan fingerprint density at radius 3 is 2.11 bits per heavy atom. The Bertz CT molecular complexity index is 490. The van der Waals surface area contributed by atoms with E-state index in [2.05, 4.69) is 9.72 Å². The first-order valence-corrected chi connectivity index (χ1v) is 4.51. The summed E-state index contributed by atoms with van der Waals surface area (Å²) in [6.07, 6.45) is -14.6. The molecule has 0 aromatic carbocycles. The Kier molecular flexibility index (Phi) is 3.78. The molecule has 0 radical (unpaired) electrons. The van der Waals surface area contributed by atoms with Gasteiger partial charge < -0.3 is 10.5 Å². The summed E-state index contributed by atoms with van der Waals surface area (Å²) in [6.45, 7) is 0. The van der Waals surface area contributed by atoms with Crippen LogP contribution in [0.4, 0.5) is 32.0 Å². The van der Waals surface area contributed by atoms with E-state index in [1.807, 2.05) is 0 Å². The largest absolute Gasteiger partial charge is 0.453 e. The molecule has 0 bridgehead atoms. The predicted octanol–water partition coefficient (Wildman–Crippen LogP) is 2.41. The highest BCUT2D eigenvalue weighted by molar-refractivity contribution is 5.52. The number of hydrogen-bond acceptors (Lipinski definition) is 4. The number of hydrogen-bond donors (Lipinski definition) is 1. The van der Waals surface area contributed by atoms with Crippen molar-refractivity contribution in [1.82, 2.24) is 4.98 Å². The molecule has 0 fully saturated rings. The van der Waals surface area contributed by atoms with Gasteiger partial charge in [0.2, 0.25) is 5.88 Å². The third kappa shape index (κ3) is 3.64. The number of ether oxygens (including phenoxy) is 1. The van der Waals surface area contributed by atoms with E-state index in [4.69, 9.17) is 11.0 Å². The fraction of sp³-hybridized carbons (Fsp3) is 0.333. The number of alkyl halides is 6. The van der Waals surface area contributed by atoms with E-state index in [-0.39, 0.29) is 5.56 Å². The molecule has 104 valence electrons. The topological polar surface area (TPSA) is 71.9 Å². The Balaban J connectivity index is 3.09. The number of nitrogens with zero attached hydrogens (tertiary/aromatic N) is 2. The number of nitriles is 1. The molecule has 0 amide bonds. The fourth-order valence-electron chi connectivity index (χ4n) is 1.06. The van der Waals surface area contributed by atoms with Crippen LogP contribution in [0, 0.1) is 11.3 Å². The minimum Gasteiger partial charge on any atom is -0.453 e. The van der Waals surface area contributed by atoms with E-state index < -0.39 is 30.0 Å². The van der Waals surface area contributed by atoms with Crippen LogP contribution in [0.2, 0.25) is 0 Å². The van der Waals surface area contributed by atoms with Crippen molar-refractivity contribution < 1.29 is 31.1 Å². The molecule has 19 heavy (non-hydrogen) atoms. The van der Waals surface area contributed by atoms with Crippen molar-refractivity contribution in [3.05, 3.63) is 17.8 Å². The normalized spacial score (nSPS) is 12.3. The Hall–Kier alpha value is -2.18. The van der Waals surface area contributed by atoms with Crippen molar-refractivity contribution in [2.24, 2.45) is 0 Å². The molecular weight excluding hydrogens is 280 g/mol. The summed E-state index contributed by atoms with van der Waals surface area (Å²) in [6, 6.07) is 2.42. The van der Waals surface area contributed by atoms with Crippen LogP contribution in [0.15, 0.2) is 12.3 Å². The van der Waals surface area contributed by atoms with Gasteiger partial charge in [0.15, 0.2) is 0 Å². The van der Waals surface area contributed by atoms with Crippen molar-refractivity contribution >= 4 is 5.69 Å². The second-order valence-corrected chi connectivity index (χ2v) is 3.31. The van der Waals surface area contributed by atoms with Gasteiger partial charge in [-0.05, 0) is 6.07 Å². The number of rotatable bonds is 2. The van der Waals surface area contributed by atoms with Gasteiger partial charge in [-0.2, -0.15) is 31.6 Å². The van der Waals surface area contributed by atoms with Crippen LogP contribution in [-0.4, -0.2) is 23.4 Å². The monoisotopic (exact) mass is 285 g/mol. The summed E-state index contributed by atoms with van der Waals surface area (Å²) in [5.74, 6) is -1.04. The number of aromatic nitrogens is 1. The lowest BCUT2D eigenvalue weighted by Crippen LogP contribution is -2.46. The molecule has 0 saturated heterocycles. The lowest BCUT2D eigenvalue weighted by molar-refractivity contribution is -0.300. The molecule has 0 unspecified atom stereocenters. The van der Waals surface area contributed by atoms with E-state index in [0.717, 1.165) is 12.3 Å². The zero-order valence-electron chi connectivity index (χ0n) is 8.88. The van der Waals surface area contributed by atoms with E-state index in [1.165, 1.54) is 0 Å². The summed E-state index contributed by atoms with van der Waals surface area (Å²) >= 11 is 0. The molecule has 4 nitrogen and oxygen atoms in total. The van der Waals surface area contributed by atoms with Gasteiger partial charge in [-0.25, -0.2) is 4.98 Å². The number of nitrogens with two attached hydrogens (primary N) is 1. The maximum absolute atomic E-state index is 12.2. The molecule has 1 rings (SSSR count). The highest BCUT2D eigenvalue weighted by Gasteiger charge is 2.59. The SMILES string of the molecule is N#Cc1cnc(OC(C(F)(F)F)C(F)(F)F)c(N)c1. The second-order valence-electron chi connectivity index (χ2n) is 3.31. The van der Waals surface area contributed by atoms with Crippen molar-refractivity contribution in [3.63, 3.8) is 0 Å². The molecule has 0 saturated carbocycles. The number of anilines is 1. The zero-order valence-corrected chi connectivity index (χ0v) is 8.88. The highest BCUT2D eigenvalue weighted by atomic mass is 19.4. The molecule has 10 heteroatoms. The second kappa shape index (κ2) is 4.83. The van der Waals surface area contributed by atoms with Gasteiger partial charge in [-0.3, -0.25) is 0 Å². The summed E-state index contributed by atoms with van der Waals surface area (Å²) in [5, 5.41) is 8.45. The molecule has 1 aromatic heterocycles. The lowest BCUT2D eigenvalue weighted by atomic mass is 10.3. The van der Waals surface area contributed by atoms with Crippen LogP contribution in [0.25, 0.3) is 0 Å². The summed E-state index contributed by atoms with van der Waals surface area (Å²) in [5.41, 5.74) is 4.43. The van der Waals surface area contributed by atoms with E-state index in [9.17, 15) is 26.3 Å². The predicted molar refractivity (Wildman–Crippen MR) is 49.9 cm³/mol. The van der Waals surface area contributed by atoms with Crippen molar-refractivity contribution in [3.8, 4) is 11.9 Å². The highest BCUT2D eigenvalue weighted by Crippen LogP contribution is 2.37. The van der Waals surface area contributed by atoms with E-state index >= 15 is 0 Å². The van der Waals surface area contributed by atoms with E-state index in [0.29, 0.717) is 0 Å². The molecule has 1 heterocycles. The quantitative estimate of drug-likeness (QED) is 0.847. The molecular formula is C9H5F6N3O. The first-order chi connectivity index (χ1) is 8.55. The number of pyridine rings is 1. The Morgan fingerprint density at radius 1 is 1.21 bits per heavy atom. The summed E-state index contributed by atoms with van der Waals surface area (Å²) < 4.78 is 77.1. The van der Waals surface area contributed by atoms with Gasteiger partial charge in [-0.15, -0.1) is 0 Å². The average Bonchev–Trinajstić information content (AvgIpc) is 2.23. The third-order valence-corrected chi connectivity index (χ3v) is 1.83. The van der Waals surface area contributed by atoms with Crippen LogP contribution in [0.1, 0.15) is 5.56 Å². The first kappa shape index (κ1) is 14.9. The van der Waals surface area contributed by atoms with Crippen LogP contribution >= 0.6 is 0 Å². The zero-order chi connectivity index (χ0) is 14.8. The average molecular weight is 285 g/mol. The third-order valence-electron chi connectivity index (χ3n) is 1.83. The van der Waals surface area contributed by atoms with Gasteiger partial charge >= 0.3 is 12.4 Å². The van der Waals surface area contributed by atoms with Crippen LogP contribution in [-0.2, 0) is 0 Å². The number of nitrogen functional groups attached to an aromatic ring is 1. The Morgan fingerprint density at radius 2 is 1.74 bits per heavy atom. The van der Waals surface area contributed by atoms with Gasteiger partial charge in [-0.1, -0.05) is 0 Å². The fourth-order valence-corrected chi connectivity index (χ4v) is 1.06. The van der Waals surface area contributed by atoms with Crippen molar-refractivity contribution in [2.75, 3.05) is 5.73 Å². The lowest BCUT2D eigenvalue weighted by Gasteiger charge is -2.23. The van der Waals surface area contributed by atoms with Gasteiger partial charge in [0.1, 0.15) is 6.07 Å². The van der Waals surface area contributed by atoms with Crippen LogP contribution in [0.3, 0.4) is 0 Å². The maximum Gasteiger partial charge on any atom is 0.434 e. The Labute approximate surface area is 102 Å². The van der Waals surface area contributed by atoms with Crippen LogP contribution in [0.5, 0.6) is 5.88 Å². The van der Waals surface area contributed by atoms with Crippen molar-refractivity contribution in [1.29, 1.82) is 5.26 Å². The standard InChI is InChI=1S/C9H5F6N3O/c10-8(11,12)7(9(13,14)15)19-6-5(17)1-4(2-16)3-18-6/h1,3,7H,17H2.